The molecule has 1 aromatic carbocycles. The topological polar surface area (TPSA) is 58.9 Å². The van der Waals surface area contributed by atoms with Crippen LogP contribution in [0.25, 0.3) is 0 Å². The Morgan fingerprint density at radius 2 is 2.06 bits per heavy atom. The van der Waals surface area contributed by atoms with Gasteiger partial charge < -0.3 is 20.9 Å². The SMILES string of the molecule is COC(=O)[C-]=C(CO)N=[C-]c1ccccc1.[U+2]. The molecule has 5 heteroatoms. The van der Waals surface area contributed by atoms with E-state index in [-0.39, 0.29) is 36.8 Å². The van der Waals surface area contributed by atoms with Crippen LogP contribution in [0.1, 0.15) is 5.56 Å². The van der Waals surface area contributed by atoms with Gasteiger partial charge in [-0.2, -0.15) is 5.70 Å². The third-order valence-electron chi connectivity index (χ3n) is 1.68. The summed E-state index contributed by atoms with van der Waals surface area (Å²) in [5.74, 6) is -0.678. The van der Waals surface area contributed by atoms with Crippen molar-refractivity contribution in [2.75, 3.05) is 13.7 Å². The van der Waals surface area contributed by atoms with Gasteiger partial charge in [-0.1, -0.05) is 6.07 Å². The number of hydrogen-bond acceptors (Lipinski definition) is 4. The number of aliphatic imine (C=N–C) groups is 1. The molecule has 86 valence electrons. The van der Waals surface area contributed by atoms with Gasteiger partial charge in [0.25, 0.3) is 0 Å². The predicted molar refractivity (Wildman–Crippen MR) is 58.8 cm³/mol. The third-order valence-corrected chi connectivity index (χ3v) is 1.68. The normalized spacial score (nSPS) is 11.1. The molecular formula is C12H11NO3U. The first-order valence-electron chi connectivity index (χ1n) is 4.59. The van der Waals surface area contributed by atoms with Crippen molar-refractivity contribution >= 4 is 12.2 Å². The van der Waals surface area contributed by atoms with Gasteiger partial charge in [-0.25, -0.2) is 0 Å². The molecule has 4 nitrogen and oxygen atoms in total. The molecule has 0 aromatic heterocycles. The second-order valence-electron chi connectivity index (χ2n) is 2.81. The van der Waals surface area contributed by atoms with Crippen LogP contribution in [0.4, 0.5) is 0 Å². The Hall–Kier alpha value is -0.888. The summed E-state index contributed by atoms with van der Waals surface area (Å²) < 4.78 is 4.36. The zero-order valence-electron chi connectivity index (χ0n) is 9.30. The minimum atomic E-state index is -0.678. The Bertz CT molecular complexity index is 401. The van der Waals surface area contributed by atoms with Gasteiger partial charge in [0.05, 0.1) is 7.11 Å². The van der Waals surface area contributed by atoms with Crippen molar-refractivity contribution in [1.82, 2.24) is 0 Å². The fourth-order valence-corrected chi connectivity index (χ4v) is 0.916. The summed E-state index contributed by atoms with van der Waals surface area (Å²) in [6.45, 7) is -0.394. The molecule has 0 radical (unpaired) electrons. The average molecular weight is 455 g/mol. The Morgan fingerprint density at radius 1 is 1.41 bits per heavy atom. The molecule has 1 aromatic rings. The van der Waals surface area contributed by atoms with Crippen molar-refractivity contribution in [2.45, 2.75) is 0 Å². The maximum atomic E-state index is 10.8. The standard InChI is InChI=1S/C12H11NO3.U/c1-16-12(15)7-11(9-14)13-8-10-5-3-2-4-6-10;/h2-6,14H,9H2,1H3;/q-2;+2. The van der Waals surface area contributed by atoms with E-state index in [1.807, 2.05) is 18.2 Å². The molecule has 0 unspecified atom stereocenters. The number of ether oxygens (including phenoxy) is 1. The molecule has 0 heterocycles. The van der Waals surface area contributed by atoms with Gasteiger partial charge in [-0.15, -0.1) is 29.8 Å². The Morgan fingerprint density at radius 3 is 2.59 bits per heavy atom. The van der Waals surface area contributed by atoms with Crippen LogP contribution in [0, 0.1) is 37.2 Å². The molecule has 1 N–H and O–H groups in total. The molecule has 0 saturated carbocycles. The summed E-state index contributed by atoms with van der Waals surface area (Å²) in [5, 5.41) is 8.91. The molecule has 0 spiro atoms. The predicted octanol–water partition coefficient (Wildman–Crippen LogP) is 0.835. The molecule has 0 aliphatic carbocycles. The smallest absolute Gasteiger partial charge is 0.494 e. The maximum Gasteiger partial charge on any atom is 2.00 e. The summed E-state index contributed by atoms with van der Waals surface area (Å²) >= 11 is 0. The molecule has 1 rings (SSSR count). The molecular weight excluding hydrogens is 444 g/mol. The van der Waals surface area contributed by atoms with E-state index in [0.29, 0.717) is 0 Å². The van der Waals surface area contributed by atoms with Crippen molar-refractivity contribution in [3.8, 4) is 0 Å². The van der Waals surface area contributed by atoms with E-state index in [1.54, 1.807) is 12.1 Å². The number of carbonyl (C=O) groups is 1. The number of aliphatic hydroxyl groups is 1. The van der Waals surface area contributed by atoms with Crippen molar-refractivity contribution < 1.29 is 45.8 Å². The summed E-state index contributed by atoms with van der Waals surface area (Å²) in [4.78, 5) is 14.6. The number of carbonyl (C=O) groups excluding carboxylic acids is 1. The zero-order chi connectivity index (χ0) is 11.8. The monoisotopic (exact) mass is 455 g/mol. The minimum Gasteiger partial charge on any atom is -0.494 e. The number of rotatable bonds is 4. The summed E-state index contributed by atoms with van der Waals surface area (Å²) in [5.41, 5.74) is 0.829. The number of benzene rings is 1. The van der Waals surface area contributed by atoms with E-state index in [2.05, 4.69) is 22.0 Å². The van der Waals surface area contributed by atoms with Gasteiger partial charge in [0.2, 0.25) is 0 Å². The minimum absolute atomic E-state index is 0. The molecule has 0 amide bonds. The number of nitrogens with zero attached hydrogens (tertiary/aromatic N) is 1. The van der Waals surface area contributed by atoms with Crippen LogP contribution >= 0.6 is 0 Å². The van der Waals surface area contributed by atoms with Crippen LogP contribution < -0.4 is 0 Å². The van der Waals surface area contributed by atoms with Gasteiger partial charge in [0.1, 0.15) is 5.97 Å². The number of esters is 1. The van der Waals surface area contributed by atoms with Gasteiger partial charge in [-0.3, -0.25) is 4.79 Å². The molecule has 0 aliphatic heterocycles. The average Bonchev–Trinajstić information content (AvgIpc) is 2.35. The van der Waals surface area contributed by atoms with Crippen LogP contribution in [-0.4, -0.2) is 31.0 Å². The summed E-state index contributed by atoms with van der Waals surface area (Å²) in [6.07, 6.45) is 4.95. The van der Waals surface area contributed by atoms with Gasteiger partial charge in [-0.05, 0) is 6.21 Å². The van der Waals surface area contributed by atoms with E-state index in [0.717, 1.165) is 5.56 Å². The zero-order valence-corrected chi connectivity index (χ0v) is 13.5. The second kappa shape index (κ2) is 9.17. The first kappa shape index (κ1) is 16.1. The molecule has 17 heavy (non-hydrogen) atoms. The fourth-order valence-electron chi connectivity index (χ4n) is 0.916. The van der Waals surface area contributed by atoms with Crippen LogP contribution in [0.2, 0.25) is 0 Å². The van der Waals surface area contributed by atoms with E-state index in [9.17, 15) is 4.79 Å². The van der Waals surface area contributed by atoms with Crippen LogP contribution in [-0.2, 0) is 9.53 Å². The quantitative estimate of drug-likeness (QED) is 0.317. The fraction of sp³-hybridized carbons (Fsp3) is 0.167. The summed E-state index contributed by atoms with van der Waals surface area (Å²) in [7, 11) is 1.23. The molecule has 0 atom stereocenters. The van der Waals surface area contributed by atoms with E-state index < -0.39 is 12.6 Å². The third kappa shape index (κ3) is 6.42. The van der Waals surface area contributed by atoms with E-state index in [4.69, 9.17) is 5.11 Å². The van der Waals surface area contributed by atoms with Gasteiger partial charge >= 0.3 is 31.1 Å². The van der Waals surface area contributed by atoms with Crippen molar-refractivity contribution in [3.05, 3.63) is 47.7 Å². The molecule has 0 saturated heterocycles. The maximum absolute atomic E-state index is 10.8. The number of hydrogen-bond donors (Lipinski definition) is 1. The van der Waals surface area contributed by atoms with Gasteiger partial charge in [0, 0.05) is 6.61 Å². The van der Waals surface area contributed by atoms with Crippen molar-refractivity contribution in [2.24, 2.45) is 4.99 Å². The first-order valence-corrected chi connectivity index (χ1v) is 4.59. The molecule has 0 fully saturated rings. The van der Waals surface area contributed by atoms with Crippen molar-refractivity contribution in [1.29, 1.82) is 0 Å². The summed E-state index contributed by atoms with van der Waals surface area (Å²) in [6, 6.07) is 9.15. The number of methoxy groups -OCH3 is 1. The Labute approximate surface area is 124 Å². The number of aliphatic hydroxyl groups excluding tert-OH is 1. The van der Waals surface area contributed by atoms with Gasteiger partial charge in [0.15, 0.2) is 0 Å². The van der Waals surface area contributed by atoms with Crippen LogP contribution in [0.3, 0.4) is 0 Å². The van der Waals surface area contributed by atoms with Crippen LogP contribution in [0.15, 0.2) is 41.0 Å². The Kier molecular flexibility index (Phi) is 8.69. The van der Waals surface area contributed by atoms with E-state index >= 15 is 0 Å². The van der Waals surface area contributed by atoms with Crippen molar-refractivity contribution in [3.63, 3.8) is 0 Å². The van der Waals surface area contributed by atoms with E-state index in [1.165, 1.54) is 7.11 Å². The Balaban J connectivity index is 0.00000256. The van der Waals surface area contributed by atoms with Crippen LogP contribution in [0.5, 0.6) is 0 Å². The molecule has 0 bridgehead atoms. The molecule has 0 aliphatic rings. The largest absolute Gasteiger partial charge is 2.00 e. The second-order valence-corrected chi connectivity index (χ2v) is 2.81. The first-order chi connectivity index (χ1) is 7.76.